The van der Waals surface area contributed by atoms with Crippen molar-refractivity contribution in [3.8, 4) is 0 Å². The molecule has 1 fully saturated rings. The first-order valence-electron chi connectivity index (χ1n) is 7.88. The average Bonchev–Trinajstić information content (AvgIpc) is 2.92. The zero-order valence-electron chi connectivity index (χ0n) is 12.7. The molecule has 114 valence electrons. The van der Waals surface area contributed by atoms with Crippen LogP contribution in [0.4, 0.5) is 5.82 Å². The van der Waals surface area contributed by atoms with Gasteiger partial charge in [0.05, 0.1) is 5.56 Å². The van der Waals surface area contributed by atoms with Gasteiger partial charge in [0.1, 0.15) is 10.8 Å². The zero-order chi connectivity index (χ0) is 14.8. The van der Waals surface area contributed by atoms with Gasteiger partial charge in [-0.3, -0.25) is 0 Å². The third kappa shape index (κ3) is 3.35. The number of pyridine rings is 1. The van der Waals surface area contributed by atoms with Crippen LogP contribution in [0.1, 0.15) is 36.1 Å². The molecule has 1 aliphatic heterocycles. The number of aryl methyl sites for hydroxylation is 2. The highest BCUT2D eigenvalue weighted by Gasteiger charge is 2.20. The molecule has 1 aromatic heterocycles. The van der Waals surface area contributed by atoms with Gasteiger partial charge in [-0.25, -0.2) is 4.98 Å². The van der Waals surface area contributed by atoms with Gasteiger partial charge in [-0.15, -0.1) is 0 Å². The molecule has 2 heterocycles. The first-order chi connectivity index (χ1) is 10.1. The number of hydrogen-bond acceptors (Lipinski definition) is 4. The molecule has 0 radical (unpaired) electrons. The van der Waals surface area contributed by atoms with Crippen molar-refractivity contribution < 1.29 is 0 Å². The molecule has 0 bridgehead atoms. The molecule has 1 saturated heterocycles. The third-order valence-electron chi connectivity index (χ3n) is 4.71. The van der Waals surface area contributed by atoms with Crippen LogP contribution in [0.3, 0.4) is 0 Å². The van der Waals surface area contributed by atoms with Gasteiger partial charge in [0, 0.05) is 12.2 Å². The molecular weight excluding hydrogens is 280 g/mol. The molecule has 0 aromatic carbocycles. The predicted molar refractivity (Wildman–Crippen MR) is 90.9 cm³/mol. The van der Waals surface area contributed by atoms with E-state index in [-0.39, 0.29) is 0 Å². The maximum Gasteiger partial charge on any atom is 0.136 e. The van der Waals surface area contributed by atoms with Crippen LogP contribution >= 0.6 is 12.2 Å². The Morgan fingerprint density at radius 2 is 2.19 bits per heavy atom. The molecule has 21 heavy (non-hydrogen) atoms. The van der Waals surface area contributed by atoms with Gasteiger partial charge < -0.3 is 16.0 Å². The highest BCUT2D eigenvalue weighted by molar-refractivity contribution is 7.80. The van der Waals surface area contributed by atoms with E-state index in [0.29, 0.717) is 4.99 Å². The Morgan fingerprint density at radius 1 is 1.43 bits per heavy atom. The van der Waals surface area contributed by atoms with Crippen molar-refractivity contribution in [1.82, 2.24) is 9.88 Å². The van der Waals surface area contributed by atoms with E-state index in [0.717, 1.165) is 36.7 Å². The molecule has 2 aliphatic rings. The number of likely N-dealkylation sites (tertiary alicyclic amines) is 1. The maximum absolute atomic E-state index is 5.88. The molecule has 5 heteroatoms. The smallest absolute Gasteiger partial charge is 0.136 e. The lowest BCUT2D eigenvalue weighted by molar-refractivity contribution is 0.226. The highest BCUT2D eigenvalue weighted by Crippen LogP contribution is 2.26. The Balaban J connectivity index is 1.71. The van der Waals surface area contributed by atoms with Crippen LogP contribution in [0, 0.1) is 5.92 Å². The van der Waals surface area contributed by atoms with Gasteiger partial charge in [0.2, 0.25) is 0 Å². The second-order valence-corrected chi connectivity index (χ2v) is 6.78. The minimum Gasteiger partial charge on any atom is -0.389 e. The summed E-state index contributed by atoms with van der Waals surface area (Å²) in [6.45, 7) is 3.34. The van der Waals surface area contributed by atoms with Crippen molar-refractivity contribution >= 4 is 23.0 Å². The van der Waals surface area contributed by atoms with Gasteiger partial charge >= 0.3 is 0 Å². The van der Waals surface area contributed by atoms with Gasteiger partial charge in [0.25, 0.3) is 0 Å². The van der Waals surface area contributed by atoms with Crippen molar-refractivity contribution in [2.24, 2.45) is 11.7 Å². The summed E-state index contributed by atoms with van der Waals surface area (Å²) in [5.74, 6) is 1.61. The number of nitrogens with two attached hydrogens (primary N) is 1. The van der Waals surface area contributed by atoms with Crippen LogP contribution < -0.4 is 11.1 Å². The Labute approximate surface area is 132 Å². The summed E-state index contributed by atoms with van der Waals surface area (Å²) in [6, 6.07) is 2.15. The van der Waals surface area contributed by atoms with E-state index in [1.54, 1.807) is 0 Å². The number of anilines is 1. The van der Waals surface area contributed by atoms with Crippen LogP contribution in [-0.2, 0) is 12.8 Å². The first kappa shape index (κ1) is 14.7. The molecule has 4 nitrogen and oxygen atoms in total. The number of thiocarbonyl (C=S) groups is 1. The van der Waals surface area contributed by atoms with Gasteiger partial charge in [-0.05, 0) is 69.8 Å². The molecule has 1 aromatic rings. The molecule has 3 rings (SSSR count). The summed E-state index contributed by atoms with van der Waals surface area (Å²) in [4.78, 5) is 7.63. The van der Waals surface area contributed by atoms with E-state index in [2.05, 4.69) is 23.3 Å². The van der Waals surface area contributed by atoms with Crippen molar-refractivity contribution in [3.63, 3.8) is 0 Å². The summed E-state index contributed by atoms with van der Waals surface area (Å²) < 4.78 is 0. The fourth-order valence-electron chi connectivity index (χ4n) is 3.30. The molecular formula is C16H24N4S. The van der Waals surface area contributed by atoms with Crippen LogP contribution in [0.15, 0.2) is 6.07 Å². The zero-order valence-corrected chi connectivity index (χ0v) is 13.5. The van der Waals surface area contributed by atoms with Crippen LogP contribution in [-0.4, -0.2) is 41.6 Å². The van der Waals surface area contributed by atoms with Gasteiger partial charge in [-0.2, -0.15) is 0 Å². The number of nitrogens with zero attached hydrogens (tertiary/aromatic N) is 2. The number of hydrogen-bond donors (Lipinski definition) is 2. The average molecular weight is 304 g/mol. The summed E-state index contributed by atoms with van der Waals surface area (Å²) in [5, 5.41) is 3.51. The van der Waals surface area contributed by atoms with Crippen molar-refractivity contribution in [1.29, 1.82) is 0 Å². The molecule has 0 atom stereocenters. The fraction of sp³-hybridized carbons (Fsp3) is 0.625. The van der Waals surface area contributed by atoms with Crippen LogP contribution in [0.5, 0.6) is 0 Å². The third-order valence-corrected chi connectivity index (χ3v) is 4.93. The molecule has 0 amide bonds. The Kier molecular flexibility index (Phi) is 4.40. The Bertz CT molecular complexity index is 535. The van der Waals surface area contributed by atoms with E-state index in [9.17, 15) is 0 Å². The number of rotatable bonds is 4. The second-order valence-electron chi connectivity index (χ2n) is 6.34. The number of fused-ring (bicyclic) bond motifs is 1. The largest absolute Gasteiger partial charge is 0.389 e. The number of nitrogens with one attached hydrogen (secondary N) is 1. The monoisotopic (exact) mass is 304 g/mol. The van der Waals surface area contributed by atoms with Crippen molar-refractivity contribution in [3.05, 3.63) is 22.9 Å². The lowest BCUT2D eigenvalue weighted by Crippen LogP contribution is -2.33. The SMILES string of the molecule is CN1CCC(CNc2nc3c(cc2C(N)=S)CCC3)CC1. The summed E-state index contributed by atoms with van der Waals surface area (Å²) in [6.07, 6.45) is 5.87. The molecule has 3 N–H and O–H groups in total. The number of piperidine rings is 1. The van der Waals surface area contributed by atoms with E-state index < -0.39 is 0 Å². The van der Waals surface area contributed by atoms with E-state index in [4.69, 9.17) is 22.9 Å². The molecule has 0 saturated carbocycles. The summed E-state index contributed by atoms with van der Waals surface area (Å²) in [7, 11) is 2.19. The summed E-state index contributed by atoms with van der Waals surface area (Å²) >= 11 is 5.20. The topological polar surface area (TPSA) is 54.2 Å². The van der Waals surface area contributed by atoms with Crippen LogP contribution in [0.2, 0.25) is 0 Å². The standard InChI is InChI=1S/C16H24N4S/c1-20-7-5-11(6-8-20)10-18-16-13(15(17)21)9-12-3-2-4-14(12)19-16/h9,11H,2-8,10H2,1H3,(H2,17,21)(H,18,19). The summed E-state index contributed by atoms with van der Waals surface area (Å²) in [5.41, 5.74) is 9.34. The van der Waals surface area contributed by atoms with Gasteiger partial charge in [0.15, 0.2) is 0 Å². The minimum absolute atomic E-state index is 0.447. The van der Waals surface area contributed by atoms with E-state index in [1.807, 2.05) is 0 Å². The minimum atomic E-state index is 0.447. The van der Waals surface area contributed by atoms with Crippen molar-refractivity contribution in [2.45, 2.75) is 32.1 Å². The highest BCUT2D eigenvalue weighted by atomic mass is 32.1. The van der Waals surface area contributed by atoms with Crippen LogP contribution in [0.25, 0.3) is 0 Å². The van der Waals surface area contributed by atoms with Crippen molar-refractivity contribution in [2.75, 3.05) is 32.0 Å². The molecule has 0 unspecified atom stereocenters. The fourth-order valence-corrected chi connectivity index (χ4v) is 3.46. The normalized spacial score (nSPS) is 19.5. The second kappa shape index (κ2) is 6.28. The first-order valence-corrected chi connectivity index (χ1v) is 8.29. The maximum atomic E-state index is 5.88. The lowest BCUT2D eigenvalue weighted by atomic mass is 9.97. The van der Waals surface area contributed by atoms with E-state index >= 15 is 0 Å². The van der Waals surface area contributed by atoms with Gasteiger partial charge in [-0.1, -0.05) is 12.2 Å². The lowest BCUT2D eigenvalue weighted by Gasteiger charge is -2.29. The molecule has 0 spiro atoms. The predicted octanol–water partition coefficient (Wildman–Crippen LogP) is 1.96. The molecule has 1 aliphatic carbocycles. The van der Waals surface area contributed by atoms with E-state index in [1.165, 1.54) is 43.6 Å². The Hall–Kier alpha value is -1.20. The quantitative estimate of drug-likeness (QED) is 0.833. The number of aromatic nitrogens is 1. The Morgan fingerprint density at radius 3 is 2.90 bits per heavy atom.